The predicted octanol–water partition coefficient (Wildman–Crippen LogP) is 6.12. The van der Waals surface area contributed by atoms with Crippen molar-refractivity contribution in [2.24, 2.45) is 0 Å². The lowest BCUT2D eigenvalue weighted by atomic mass is 10.1. The largest absolute Gasteiger partial charge is 0.288 e. The summed E-state index contributed by atoms with van der Waals surface area (Å²) in [6.45, 7) is 1.46. The first kappa shape index (κ1) is 27.6. The summed E-state index contributed by atoms with van der Waals surface area (Å²) in [7, 11) is -3.62. The first-order chi connectivity index (χ1) is 19.9. The molecule has 0 radical (unpaired) electrons. The van der Waals surface area contributed by atoms with Gasteiger partial charge in [-0.3, -0.25) is 9.69 Å². The summed E-state index contributed by atoms with van der Waals surface area (Å²) in [5.74, 6) is -0.163. The van der Waals surface area contributed by atoms with Crippen LogP contribution in [0.15, 0.2) is 101 Å². The Morgan fingerprint density at radius 3 is 2.34 bits per heavy atom. The summed E-state index contributed by atoms with van der Waals surface area (Å²) in [5.41, 5.74) is 3.78. The van der Waals surface area contributed by atoms with E-state index in [9.17, 15) is 13.2 Å². The van der Waals surface area contributed by atoms with E-state index in [0.29, 0.717) is 45.7 Å². The van der Waals surface area contributed by atoms with Crippen LogP contribution in [0.25, 0.3) is 23.0 Å². The van der Waals surface area contributed by atoms with Crippen LogP contribution in [-0.4, -0.2) is 50.7 Å². The van der Waals surface area contributed by atoms with Crippen molar-refractivity contribution in [2.75, 3.05) is 13.1 Å². The van der Waals surface area contributed by atoms with Crippen LogP contribution in [0.2, 0.25) is 0 Å². The molecule has 10 heteroatoms. The van der Waals surface area contributed by atoms with Crippen molar-refractivity contribution >= 4 is 50.3 Å². The number of nitrogens with zero attached hydrogens (tertiary/aromatic N) is 4. The average molecular weight is 601 g/mol. The van der Waals surface area contributed by atoms with E-state index >= 15 is 0 Å². The summed E-state index contributed by atoms with van der Waals surface area (Å²) in [6, 6.07) is 26.3. The number of sulfonamides is 1. The molecule has 7 nitrogen and oxygen atoms in total. The molecule has 4 aromatic rings. The standard InChI is InChI=1S/C31H28N4O3S3/c36-30-28(40-31(39)34(30)21-23-11-4-1-5-12-23)20-25-22-35(26-14-6-2-7-15-26)32-29(25)24-13-10-16-27(19-24)41(37,38)33-17-8-3-9-18-33/h1-2,4-7,10-16,19-20,22H,3,8-9,17-18,21H2/b28-20-. The zero-order chi connectivity index (χ0) is 28.4. The summed E-state index contributed by atoms with van der Waals surface area (Å²) in [4.78, 5) is 15.8. The van der Waals surface area contributed by atoms with Gasteiger partial charge in [0.15, 0.2) is 0 Å². The summed E-state index contributed by atoms with van der Waals surface area (Å²) < 4.78 is 30.7. The van der Waals surface area contributed by atoms with Crippen molar-refractivity contribution < 1.29 is 13.2 Å². The van der Waals surface area contributed by atoms with Gasteiger partial charge >= 0.3 is 0 Å². The first-order valence-electron chi connectivity index (χ1n) is 13.5. The average Bonchev–Trinajstić information content (AvgIpc) is 3.55. The zero-order valence-corrected chi connectivity index (χ0v) is 24.7. The predicted molar refractivity (Wildman–Crippen MR) is 167 cm³/mol. The van der Waals surface area contributed by atoms with Crippen LogP contribution < -0.4 is 0 Å². The Balaban J connectivity index is 1.39. The molecule has 1 aromatic heterocycles. The second kappa shape index (κ2) is 11.7. The molecule has 0 spiro atoms. The number of thioether (sulfide) groups is 1. The van der Waals surface area contributed by atoms with Crippen molar-refractivity contribution in [1.29, 1.82) is 0 Å². The number of hydrogen-bond donors (Lipinski definition) is 0. The molecule has 0 atom stereocenters. The topological polar surface area (TPSA) is 75.5 Å². The van der Waals surface area contributed by atoms with E-state index in [2.05, 4.69) is 0 Å². The van der Waals surface area contributed by atoms with E-state index in [1.807, 2.05) is 72.9 Å². The Morgan fingerprint density at radius 2 is 1.61 bits per heavy atom. The fraction of sp³-hybridized carbons (Fsp3) is 0.194. The molecule has 0 saturated carbocycles. The van der Waals surface area contributed by atoms with Crippen molar-refractivity contribution in [3.05, 3.63) is 107 Å². The number of thiocarbonyl (C=S) groups is 1. The highest BCUT2D eigenvalue weighted by atomic mass is 32.2. The molecule has 2 fully saturated rings. The molecule has 2 saturated heterocycles. The number of rotatable bonds is 7. The number of aromatic nitrogens is 2. The Hall–Kier alpha value is -3.57. The van der Waals surface area contributed by atoms with Crippen LogP contribution >= 0.6 is 24.0 Å². The molecule has 41 heavy (non-hydrogen) atoms. The van der Waals surface area contributed by atoms with Gasteiger partial charge in [0.25, 0.3) is 5.91 Å². The van der Waals surface area contributed by atoms with Gasteiger partial charge in [-0.05, 0) is 48.7 Å². The third kappa shape index (κ3) is 5.78. The fourth-order valence-corrected chi connectivity index (χ4v) is 7.84. The van der Waals surface area contributed by atoms with Gasteiger partial charge in [-0.2, -0.15) is 9.40 Å². The highest BCUT2D eigenvalue weighted by Gasteiger charge is 2.33. The number of hydrogen-bond acceptors (Lipinski definition) is 6. The van der Waals surface area contributed by atoms with Crippen molar-refractivity contribution in [1.82, 2.24) is 19.0 Å². The SMILES string of the molecule is O=C1/C(=C/c2cn(-c3ccccc3)nc2-c2cccc(S(=O)(=O)N3CCCCC3)c2)SC(=S)N1Cc1ccccc1. The minimum Gasteiger partial charge on any atom is -0.288 e. The molecule has 208 valence electrons. The Bertz CT molecular complexity index is 1730. The van der Waals surface area contributed by atoms with Gasteiger partial charge in [-0.1, -0.05) is 91.1 Å². The molecular formula is C31H28N4O3S3. The fourth-order valence-electron chi connectivity index (χ4n) is 5.03. The van der Waals surface area contributed by atoms with Crippen molar-refractivity contribution in [3.63, 3.8) is 0 Å². The van der Waals surface area contributed by atoms with Crippen LogP contribution in [0, 0.1) is 0 Å². The zero-order valence-electron chi connectivity index (χ0n) is 22.2. The molecule has 2 aliphatic rings. The Labute approximate surface area is 249 Å². The summed E-state index contributed by atoms with van der Waals surface area (Å²) >= 11 is 6.83. The van der Waals surface area contributed by atoms with Gasteiger partial charge < -0.3 is 0 Å². The van der Waals surface area contributed by atoms with Crippen molar-refractivity contribution in [2.45, 2.75) is 30.7 Å². The molecule has 0 aliphatic carbocycles. The maximum absolute atomic E-state index is 13.4. The number of para-hydroxylation sites is 1. The first-order valence-corrected chi connectivity index (χ1v) is 16.1. The second-order valence-corrected chi connectivity index (χ2v) is 13.6. The van der Waals surface area contributed by atoms with Crippen LogP contribution in [0.4, 0.5) is 0 Å². The molecule has 0 N–H and O–H groups in total. The van der Waals surface area contributed by atoms with Crippen LogP contribution in [0.5, 0.6) is 0 Å². The molecular weight excluding hydrogens is 573 g/mol. The maximum atomic E-state index is 13.4. The summed E-state index contributed by atoms with van der Waals surface area (Å²) in [5, 5.41) is 4.86. The minimum atomic E-state index is -3.62. The third-order valence-corrected chi connectivity index (χ3v) is 10.4. The van der Waals surface area contributed by atoms with E-state index in [1.165, 1.54) is 11.8 Å². The van der Waals surface area contributed by atoms with Gasteiger partial charge in [0, 0.05) is 30.4 Å². The van der Waals surface area contributed by atoms with E-state index in [0.717, 1.165) is 30.5 Å². The summed E-state index contributed by atoms with van der Waals surface area (Å²) in [6.07, 6.45) is 6.45. The number of carbonyl (C=O) groups is 1. The molecule has 2 aliphatic heterocycles. The van der Waals surface area contributed by atoms with Crippen molar-refractivity contribution in [3.8, 4) is 16.9 Å². The van der Waals surface area contributed by atoms with E-state index in [-0.39, 0.29) is 10.8 Å². The Kier molecular flexibility index (Phi) is 7.90. The molecule has 0 bridgehead atoms. The second-order valence-electron chi connectivity index (χ2n) is 9.96. The molecule has 3 aromatic carbocycles. The lowest BCUT2D eigenvalue weighted by Crippen LogP contribution is -2.35. The number of amides is 1. The number of benzene rings is 3. The monoisotopic (exact) mass is 600 g/mol. The molecule has 3 heterocycles. The van der Waals surface area contributed by atoms with Gasteiger partial charge in [-0.15, -0.1) is 0 Å². The van der Waals surface area contributed by atoms with Gasteiger partial charge in [0.05, 0.1) is 22.0 Å². The molecule has 0 unspecified atom stereocenters. The van der Waals surface area contributed by atoms with Crippen LogP contribution in [-0.2, 0) is 21.4 Å². The van der Waals surface area contributed by atoms with Gasteiger partial charge in [0.1, 0.15) is 10.0 Å². The van der Waals surface area contributed by atoms with Gasteiger partial charge in [0.2, 0.25) is 10.0 Å². The number of carbonyl (C=O) groups excluding carboxylic acids is 1. The lowest BCUT2D eigenvalue weighted by Gasteiger charge is -2.26. The molecule has 1 amide bonds. The van der Waals surface area contributed by atoms with E-state index in [1.54, 1.807) is 38.2 Å². The highest BCUT2D eigenvalue weighted by molar-refractivity contribution is 8.26. The number of piperidine rings is 1. The quantitative estimate of drug-likeness (QED) is 0.188. The molecule has 6 rings (SSSR count). The third-order valence-electron chi connectivity index (χ3n) is 7.17. The van der Waals surface area contributed by atoms with Crippen LogP contribution in [0.1, 0.15) is 30.4 Å². The normalized spacial score (nSPS) is 17.5. The van der Waals surface area contributed by atoms with E-state index in [4.69, 9.17) is 17.3 Å². The Morgan fingerprint density at radius 1 is 0.902 bits per heavy atom. The van der Waals surface area contributed by atoms with E-state index < -0.39 is 10.0 Å². The van der Waals surface area contributed by atoms with Gasteiger partial charge in [-0.25, -0.2) is 13.1 Å². The van der Waals surface area contributed by atoms with Crippen LogP contribution in [0.3, 0.4) is 0 Å². The highest BCUT2D eigenvalue weighted by Crippen LogP contribution is 2.36. The maximum Gasteiger partial charge on any atom is 0.266 e. The smallest absolute Gasteiger partial charge is 0.266 e. The lowest BCUT2D eigenvalue weighted by molar-refractivity contribution is -0.122. The minimum absolute atomic E-state index is 0.163.